The van der Waals surface area contributed by atoms with Gasteiger partial charge in [0.25, 0.3) is 0 Å². The first-order valence-electron chi connectivity index (χ1n) is 6.51. The first-order chi connectivity index (χ1) is 8.70. The second kappa shape index (κ2) is 4.39. The van der Waals surface area contributed by atoms with E-state index in [1.165, 1.54) is 29.7 Å². The molecule has 1 aliphatic rings. The molecule has 0 atom stereocenters. The third kappa shape index (κ3) is 1.73. The molecule has 96 valence electrons. The van der Waals surface area contributed by atoms with Crippen LogP contribution in [0.4, 0.5) is 5.00 Å². The monoisotopic (exact) mass is 262 g/mol. The Morgan fingerprint density at radius 1 is 1.33 bits per heavy atom. The molecule has 0 aromatic carbocycles. The van der Waals surface area contributed by atoms with Crippen LogP contribution in [-0.2, 0) is 26.3 Å². The van der Waals surface area contributed by atoms with Gasteiger partial charge < -0.3 is 5.73 Å². The Kier molecular flexibility index (Phi) is 2.86. The zero-order valence-electron chi connectivity index (χ0n) is 10.9. The van der Waals surface area contributed by atoms with Crippen molar-refractivity contribution in [1.29, 1.82) is 0 Å². The van der Waals surface area contributed by atoms with Gasteiger partial charge in [0.15, 0.2) is 11.6 Å². The average molecular weight is 262 g/mol. The zero-order valence-corrected chi connectivity index (χ0v) is 11.7. The van der Waals surface area contributed by atoms with Crippen LogP contribution in [0.2, 0.25) is 0 Å². The number of fused-ring (bicyclic) bond motifs is 1. The lowest BCUT2D eigenvalue weighted by molar-refractivity contribution is 0.695. The summed E-state index contributed by atoms with van der Waals surface area (Å²) in [6, 6.07) is 0. The average Bonchev–Trinajstić information content (AvgIpc) is 2.88. The van der Waals surface area contributed by atoms with Gasteiger partial charge in [-0.2, -0.15) is 5.10 Å². The SMILES string of the molecule is CCc1nc(-c2c(N)sc3c2CCCC3)n(C)n1. The van der Waals surface area contributed by atoms with Crippen molar-refractivity contribution in [2.45, 2.75) is 39.0 Å². The number of nitrogens with zero attached hydrogens (tertiary/aromatic N) is 3. The number of thiophene rings is 1. The topological polar surface area (TPSA) is 56.7 Å². The normalized spacial score (nSPS) is 14.8. The van der Waals surface area contributed by atoms with Crippen molar-refractivity contribution in [1.82, 2.24) is 14.8 Å². The van der Waals surface area contributed by atoms with Crippen LogP contribution in [0.25, 0.3) is 11.4 Å². The van der Waals surface area contributed by atoms with E-state index in [9.17, 15) is 0 Å². The highest BCUT2D eigenvalue weighted by Crippen LogP contribution is 2.41. The summed E-state index contributed by atoms with van der Waals surface area (Å²) in [5.41, 5.74) is 8.77. The van der Waals surface area contributed by atoms with Gasteiger partial charge in [-0.15, -0.1) is 11.3 Å². The number of nitrogen functional groups attached to an aromatic ring is 1. The number of aryl methyl sites for hydroxylation is 3. The molecule has 2 heterocycles. The summed E-state index contributed by atoms with van der Waals surface area (Å²) in [6.45, 7) is 2.07. The second-order valence-corrected chi connectivity index (χ2v) is 5.92. The van der Waals surface area contributed by atoms with E-state index >= 15 is 0 Å². The molecule has 0 amide bonds. The number of hydrogen-bond donors (Lipinski definition) is 1. The minimum Gasteiger partial charge on any atom is -0.390 e. The van der Waals surface area contributed by atoms with Crippen LogP contribution >= 0.6 is 11.3 Å². The van der Waals surface area contributed by atoms with Gasteiger partial charge in [0.05, 0.1) is 10.6 Å². The van der Waals surface area contributed by atoms with Crippen LogP contribution in [0.15, 0.2) is 0 Å². The van der Waals surface area contributed by atoms with Crippen molar-refractivity contribution in [3.8, 4) is 11.4 Å². The minimum absolute atomic E-state index is 0.861. The lowest BCUT2D eigenvalue weighted by Crippen LogP contribution is -2.02. The molecule has 5 heteroatoms. The third-order valence-electron chi connectivity index (χ3n) is 3.55. The smallest absolute Gasteiger partial charge is 0.161 e. The summed E-state index contributed by atoms with van der Waals surface area (Å²) in [5, 5.41) is 5.33. The number of anilines is 1. The van der Waals surface area contributed by atoms with E-state index in [2.05, 4.69) is 17.0 Å². The van der Waals surface area contributed by atoms with Crippen LogP contribution in [0, 0.1) is 0 Å². The van der Waals surface area contributed by atoms with Crippen molar-refractivity contribution >= 4 is 16.3 Å². The van der Waals surface area contributed by atoms with Crippen LogP contribution in [0.1, 0.15) is 36.0 Å². The fourth-order valence-corrected chi connectivity index (χ4v) is 3.79. The van der Waals surface area contributed by atoms with Crippen molar-refractivity contribution in [3.05, 3.63) is 16.3 Å². The molecule has 0 spiro atoms. The second-order valence-electron chi connectivity index (χ2n) is 4.78. The summed E-state index contributed by atoms with van der Waals surface area (Å²) < 4.78 is 1.87. The quantitative estimate of drug-likeness (QED) is 0.905. The Hall–Kier alpha value is -1.36. The molecule has 0 radical (unpaired) electrons. The number of nitrogens with two attached hydrogens (primary N) is 1. The van der Waals surface area contributed by atoms with Crippen LogP contribution in [0.3, 0.4) is 0 Å². The van der Waals surface area contributed by atoms with Crippen LogP contribution < -0.4 is 5.73 Å². The number of hydrogen-bond acceptors (Lipinski definition) is 4. The summed E-state index contributed by atoms with van der Waals surface area (Å²) in [5.74, 6) is 1.83. The lowest BCUT2D eigenvalue weighted by Gasteiger charge is -2.12. The highest BCUT2D eigenvalue weighted by Gasteiger charge is 2.23. The maximum Gasteiger partial charge on any atom is 0.161 e. The molecular weight excluding hydrogens is 244 g/mol. The largest absolute Gasteiger partial charge is 0.390 e. The van der Waals surface area contributed by atoms with Crippen LogP contribution in [-0.4, -0.2) is 14.8 Å². The van der Waals surface area contributed by atoms with E-state index in [1.807, 2.05) is 11.7 Å². The fourth-order valence-electron chi connectivity index (χ4n) is 2.64. The first kappa shape index (κ1) is 11.7. The summed E-state index contributed by atoms with van der Waals surface area (Å²) in [7, 11) is 1.95. The van der Waals surface area contributed by atoms with E-state index in [-0.39, 0.29) is 0 Å². The third-order valence-corrected chi connectivity index (χ3v) is 4.67. The first-order valence-corrected chi connectivity index (χ1v) is 7.32. The van der Waals surface area contributed by atoms with Crippen molar-refractivity contribution in [2.75, 3.05) is 5.73 Å². The minimum atomic E-state index is 0.861. The molecule has 18 heavy (non-hydrogen) atoms. The lowest BCUT2D eigenvalue weighted by atomic mass is 9.95. The molecule has 0 unspecified atom stereocenters. The molecule has 3 rings (SSSR count). The van der Waals surface area contributed by atoms with Gasteiger partial charge in [-0.1, -0.05) is 6.92 Å². The molecule has 0 saturated carbocycles. The summed E-state index contributed by atoms with van der Waals surface area (Å²) in [6.07, 6.45) is 5.70. The van der Waals surface area contributed by atoms with Gasteiger partial charge in [-0.25, -0.2) is 9.67 Å². The predicted octanol–water partition coefficient (Wildman–Crippen LogP) is 2.57. The highest BCUT2D eigenvalue weighted by molar-refractivity contribution is 7.16. The van der Waals surface area contributed by atoms with E-state index < -0.39 is 0 Å². The molecule has 2 aromatic heterocycles. The Morgan fingerprint density at radius 2 is 2.11 bits per heavy atom. The summed E-state index contributed by atoms with van der Waals surface area (Å²) >= 11 is 1.73. The molecule has 1 aliphatic carbocycles. The Bertz CT molecular complexity index is 582. The molecular formula is C13H18N4S. The van der Waals surface area contributed by atoms with Gasteiger partial charge in [-0.05, 0) is 31.2 Å². The molecule has 0 saturated heterocycles. The fraction of sp³-hybridized carbons (Fsp3) is 0.538. The van der Waals surface area contributed by atoms with E-state index in [0.29, 0.717) is 0 Å². The number of rotatable bonds is 2. The van der Waals surface area contributed by atoms with Gasteiger partial charge in [0, 0.05) is 18.3 Å². The van der Waals surface area contributed by atoms with Crippen molar-refractivity contribution < 1.29 is 0 Å². The zero-order chi connectivity index (χ0) is 12.7. The molecule has 2 aromatic rings. The predicted molar refractivity (Wildman–Crippen MR) is 74.7 cm³/mol. The standard InChI is InChI=1S/C13H18N4S/c1-3-10-15-13(17(2)16-10)11-8-6-4-5-7-9(8)18-12(11)14/h3-7,14H2,1-2H3. The Morgan fingerprint density at radius 3 is 2.83 bits per heavy atom. The van der Waals surface area contributed by atoms with Crippen molar-refractivity contribution in [2.24, 2.45) is 7.05 Å². The van der Waals surface area contributed by atoms with Gasteiger partial charge >= 0.3 is 0 Å². The summed E-state index contributed by atoms with van der Waals surface area (Å²) in [4.78, 5) is 6.07. The molecule has 0 fully saturated rings. The Balaban J connectivity index is 2.15. The molecule has 0 aliphatic heterocycles. The van der Waals surface area contributed by atoms with Gasteiger partial charge in [0.1, 0.15) is 0 Å². The van der Waals surface area contributed by atoms with Gasteiger partial charge in [0.2, 0.25) is 0 Å². The van der Waals surface area contributed by atoms with E-state index in [4.69, 9.17) is 5.73 Å². The van der Waals surface area contributed by atoms with E-state index in [0.717, 1.165) is 35.1 Å². The molecule has 4 nitrogen and oxygen atoms in total. The van der Waals surface area contributed by atoms with Crippen LogP contribution in [0.5, 0.6) is 0 Å². The highest BCUT2D eigenvalue weighted by atomic mass is 32.1. The van der Waals surface area contributed by atoms with Gasteiger partial charge in [-0.3, -0.25) is 0 Å². The van der Waals surface area contributed by atoms with E-state index in [1.54, 1.807) is 11.3 Å². The van der Waals surface area contributed by atoms with Crippen molar-refractivity contribution in [3.63, 3.8) is 0 Å². The maximum atomic E-state index is 6.21. The molecule has 2 N–H and O–H groups in total. The number of aromatic nitrogens is 3. The maximum absolute atomic E-state index is 6.21. The Labute approximate surface area is 111 Å². The molecule has 0 bridgehead atoms.